The molecule has 3 rings (SSSR count). The Morgan fingerprint density at radius 1 is 1.22 bits per heavy atom. The molecule has 1 aliphatic heterocycles. The van der Waals surface area contributed by atoms with E-state index in [2.05, 4.69) is 15.1 Å². The Bertz CT molecular complexity index is 560. The summed E-state index contributed by atoms with van der Waals surface area (Å²) in [5.74, 6) is 0. The smallest absolute Gasteiger partial charge is 0.181 e. The Morgan fingerprint density at radius 3 is 2.72 bits per heavy atom. The first-order valence-electron chi connectivity index (χ1n) is 5.49. The summed E-state index contributed by atoms with van der Waals surface area (Å²) in [6.07, 6.45) is 0.486. The molecule has 18 heavy (non-hydrogen) atoms. The van der Waals surface area contributed by atoms with Gasteiger partial charge in [0, 0.05) is 12.4 Å². The summed E-state index contributed by atoms with van der Waals surface area (Å²) >= 11 is 0. The molecule has 4 atom stereocenters. The highest BCUT2D eigenvalue weighted by molar-refractivity contribution is 5.68. The van der Waals surface area contributed by atoms with Gasteiger partial charge in [0.25, 0.3) is 0 Å². The Hall–Kier alpha value is -1.61. The molecular formula is C10H12N4O4. The zero-order valence-electron chi connectivity index (χ0n) is 9.29. The van der Waals surface area contributed by atoms with Crippen molar-refractivity contribution in [3.05, 3.63) is 18.6 Å². The fourth-order valence-electron chi connectivity index (χ4n) is 2.05. The van der Waals surface area contributed by atoms with Crippen LogP contribution in [0.2, 0.25) is 0 Å². The second kappa shape index (κ2) is 4.25. The second-order valence-electron chi connectivity index (χ2n) is 4.08. The third-order valence-corrected chi connectivity index (χ3v) is 2.99. The number of fused-ring (bicyclic) bond motifs is 1. The second-order valence-corrected chi connectivity index (χ2v) is 4.08. The van der Waals surface area contributed by atoms with E-state index in [1.54, 1.807) is 0 Å². The first kappa shape index (κ1) is 11.5. The summed E-state index contributed by atoms with van der Waals surface area (Å²) in [5.41, 5.74) is 1.02. The van der Waals surface area contributed by atoms with E-state index >= 15 is 0 Å². The van der Waals surface area contributed by atoms with Gasteiger partial charge in [-0.3, -0.25) is 0 Å². The van der Waals surface area contributed by atoms with E-state index in [1.165, 1.54) is 23.3 Å². The summed E-state index contributed by atoms with van der Waals surface area (Å²) < 4.78 is 6.72. The van der Waals surface area contributed by atoms with Gasteiger partial charge < -0.3 is 20.1 Å². The van der Waals surface area contributed by atoms with Crippen LogP contribution < -0.4 is 0 Å². The highest BCUT2D eigenvalue weighted by Gasteiger charge is 2.44. The number of aliphatic hydroxyl groups is 3. The van der Waals surface area contributed by atoms with Crippen molar-refractivity contribution in [3.63, 3.8) is 0 Å². The van der Waals surface area contributed by atoms with Gasteiger partial charge in [-0.05, 0) is 0 Å². The van der Waals surface area contributed by atoms with Crippen LogP contribution >= 0.6 is 0 Å². The fraction of sp³-hybridized carbons (Fsp3) is 0.500. The summed E-state index contributed by atoms with van der Waals surface area (Å²) in [5, 5.41) is 32.7. The lowest BCUT2D eigenvalue weighted by atomic mass is 10.1. The van der Waals surface area contributed by atoms with E-state index in [-0.39, 0.29) is 6.61 Å². The molecule has 0 radical (unpaired) electrons. The molecule has 8 nitrogen and oxygen atoms in total. The summed E-state index contributed by atoms with van der Waals surface area (Å²) in [4.78, 5) is 8.16. The monoisotopic (exact) mass is 252 g/mol. The van der Waals surface area contributed by atoms with Gasteiger partial charge in [0.1, 0.15) is 23.8 Å². The fourth-order valence-corrected chi connectivity index (χ4v) is 2.05. The number of ether oxygens (including phenoxy) is 1. The maximum Gasteiger partial charge on any atom is 0.181 e. The number of aromatic nitrogens is 4. The molecule has 2 aromatic rings. The average Bonchev–Trinajstić information content (AvgIpc) is 2.93. The number of hydrogen-bond acceptors (Lipinski definition) is 7. The summed E-state index contributed by atoms with van der Waals surface area (Å²) in [7, 11) is 0. The summed E-state index contributed by atoms with van der Waals surface area (Å²) in [6, 6.07) is 0. The minimum atomic E-state index is -1.17. The Kier molecular flexibility index (Phi) is 2.71. The van der Waals surface area contributed by atoms with Crippen molar-refractivity contribution in [2.75, 3.05) is 6.61 Å². The zero-order valence-corrected chi connectivity index (χ0v) is 9.29. The van der Waals surface area contributed by atoms with Crippen LogP contribution in [-0.2, 0) is 4.74 Å². The van der Waals surface area contributed by atoms with Crippen LogP contribution in [0.1, 0.15) is 6.23 Å². The maximum absolute atomic E-state index is 9.90. The maximum atomic E-state index is 9.90. The van der Waals surface area contributed by atoms with Crippen LogP contribution in [0, 0.1) is 0 Å². The lowest BCUT2D eigenvalue weighted by Crippen LogP contribution is -2.33. The van der Waals surface area contributed by atoms with E-state index in [0.717, 1.165) is 0 Å². The van der Waals surface area contributed by atoms with Crippen molar-refractivity contribution >= 4 is 11.2 Å². The van der Waals surface area contributed by atoms with Crippen LogP contribution in [0.5, 0.6) is 0 Å². The first-order valence-corrected chi connectivity index (χ1v) is 5.49. The average molecular weight is 252 g/mol. The van der Waals surface area contributed by atoms with Gasteiger partial charge in [0.05, 0.1) is 12.8 Å². The van der Waals surface area contributed by atoms with Gasteiger partial charge in [0.15, 0.2) is 11.9 Å². The Labute approximate surface area is 101 Å². The topological polar surface area (TPSA) is 114 Å². The van der Waals surface area contributed by atoms with Gasteiger partial charge in [-0.25, -0.2) is 14.6 Å². The van der Waals surface area contributed by atoms with Crippen LogP contribution in [0.3, 0.4) is 0 Å². The minimum Gasteiger partial charge on any atom is -0.394 e. The normalized spacial score (nSPS) is 32.2. The molecule has 1 saturated heterocycles. The van der Waals surface area contributed by atoms with E-state index in [4.69, 9.17) is 9.84 Å². The van der Waals surface area contributed by atoms with E-state index in [0.29, 0.717) is 11.2 Å². The van der Waals surface area contributed by atoms with Crippen LogP contribution in [-0.4, -0.2) is 60.0 Å². The molecular weight excluding hydrogens is 240 g/mol. The quantitative estimate of drug-likeness (QED) is 0.592. The Morgan fingerprint density at radius 2 is 2.00 bits per heavy atom. The van der Waals surface area contributed by atoms with Gasteiger partial charge in [-0.1, -0.05) is 0 Å². The predicted molar refractivity (Wildman–Crippen MR) is 58.3 cm³/mol. The molecule has 96 valence electrons. The van der Waals surface area contributed by atoms with Crippen molar-refractivity contribution in [2.45, 2.75) is 24.5 Å². The molecule has 8 heteroatoms. The SMILES string of the molecule is OC[C@H]1O[C@@H](n2ncc3nccnc32)[C@H](O)[C@@H]1O. The molecule has 0 spiro atoms. The molecule has 3 N–H and O–H groups in total. The number of aliphatic hydroxyl groups excluding tert-OH is 3. The van der Waals surface area contributed by atoms with Crippen molar-refractivity contribution in [2.24, 2.45) is 0 Å². The third-order valence-electron chi connectivity index (χ3n) is 2.99. The van der Waals surface area contributed by atoms with Gasteiger partial charge in [-0.2, -0.15) is 5.10 Å². The molecule has 0 amide bonds. The third kappa shape index (κ3) is 1.58. The molecule has 0 unspecified atom stereocenters. The van der Waals surface area contributed by atoms with Gasteiger partial charge in [-0.15, -0.1) is 0 Å². The number of rotatable bonds is 2. The molecule has 0 saturated carbocycles. The van der Waals surface area contributed by atoms with Crippen molar-refractivity contribution in [1.82, 2.24) is 19.7 Å². The van der Waals surface area contributed by atoms with E-state index in [9.17, 15) is 10.2 Å². The van der Waals surface area contributed by atoms with E-state index < -0.39 is 24.5 Å². The number of hydrogen-bond donors (Lipinski definition) is 3. The van der Waals surface area contributed by atoms with Gasteiger partial charge in [0.2, 0.25) is 0 Å². The number of nitrogens with zero attached hydrogens (tertiary/aromatic N) is 4. The van der Waals surface area contributed by atoms with Crippen molar-refractivity contribution in [3.8, 4) is 0 Å². The van der Waals surface area contributed by atoms with Crippen LogP contribution in [0.15, 0.2) is 18.6 Å². The molecule has 0 aliphatic carbocycles. The van der Waals surface area contributed by atoms with Gasteiger partial charge >= 0.3 is 0 Å². The molecule has 3 heterocycles. The lowest BCUT2D eigenvalue weighted by Gasteiger charge is -2.15. The molecule has 0 aromatic carbocycles. The van der Waals surface area contributed by atoms with E-state index in [1.807, 2.05) is 0 Å². The zero-order chi connectivity index (χ0) is 12.7. The summed E-state index contributed by atoms with van der Waals surface area (Å²) in [6.45, 7) is -0.375. The Balaban J connectivity index is 2.00. The lowest BCUT2D eigenvalue weighted by molar-refractivity contribution is -0.0566. The van der Waals surface area contributed by atoms with Crippen molar-refractivity contribution in [1.29, 1.82) is 0 Å². The standard InChI is InChI=1S/C10H12N4O4/c15-4-6-7(16)8(17)10(18-6)14-9-5(3-13-14)11-1-2-12-9/h1-3,6-8,10,15-17H,4H2/t6-,7-,8-,10-/m1/s1. The molecule has 2 aromatic heterocycles. The molecule has 0 bridgehead atoms. The first-order chi connectivity index (χ1) is 8.72. The van der Waals surface area contributed by atoms with Crippen molar-refractivity contribution < 1.29 is 20.1 Å². The highest BCUT2D eigenvalue weighted by Crippen LogP contribution is 2.30. The largest absolute Gasteiger partial charge is 0.394 e. The van der Waals surface area contributed by atoms with Crippen LogP contribution in [0.25, 0.3) is 11.2 Å². The molecule has 1 aliphatic rings. The highest BCUT2D eigenvalue weighted by atomic mass is 16.6. The van der Waals surface area contributed by atoms with Crippen LogP contribution in [0.4, 0.5) is 0 Å². The predicted octanol–water partition coefficient (Wildman–Crippen LogP) is -1.56. The molecule has 1 fully saturated rings. The minimum absolute atomic E-state index is 0.375.